The Morgan fingerprint density at radius 2 is 2.00 bits per heavy atom. The molecule has 0 radical (unpaired) electrons. The molecule has 1 aliphatic rings. The van der Waals surface area contributed by atoms with Crippen LogP contribution in [0.1, 0.15) is 38.7 Å². The lowest BCUT2D eigenvalue weighted by atomic mass is 9.82. The number of hydrogen-bond donors (Lipinski definition) is 1. The molecule has 1 atom stereocenters. The van der Waals surface area contributed by atoms with Crippen molar-refractivity contribution in [3.63, 3.8) is 0 Å². The lowest BCUT2D eigenvalue weighted by Gasteiger charge is -2.36. The van der Waals surface area contributed by atoms with Crippen molar-refractivity contribution >= 4 is 0 Å². The van der Waals surface area contributed by atoms with Gasteiger partial charge in [-0.15, -0.1) is 0 Å². The quantitative estimate of drug-likeness (QED) is 0.838. The molecule has 0 amide bonds. The van der Waals surface area contributed by atoms with Crippen LogP contribution in [-0.4, -0.2) is 37.7 Å². The summed E-state index contributed by atoms with van der Waals surface area (Å²) in [6.07, 6.45) is 5.06. The number of hydrogen-bond acceptors (Lipinski definition) is 3. The van der Waals surface area contributed by atoms with Crippen LogP contribution in [-0.2, 0) is 6.42 Å². The summed E-state index contributed by atoms with van der Waals surface area (Å²) in [6.45, 7) is 9.33. The summed E-state index contributed by atoms with van der Waals surface area (Å²) in [5, 5.41) is 0. The van der Waals surface area contributed by atoms with Crippen LogP contribution in [0.15, 0.2) is 24.3 Å². The van der Waals surface area contributed by atoms with Crippen LogP contribution in [0.25, 0.3) is 0 Å². The zero-order valence-corrected chi connectivity index (χ0v) is 13.6. The molecule has 3 nitrogen and oxygen atoms in total. The molecule has 2 rings (SSSR count). The molecule has 21 heavy (non-hydrogen) atoms. The minimum absolute atomic E-state index is 0.141. The lowest BCUT2D eigenvalue weighted by Crippen LogP contribution is -2.44. The topological polar surface area (TPSA) is 38.5 Å². The molecule has 1 unspecified atom stereocenters. The van der Waals surface area contributed by atoms with Crippen LogP contribution in [0.2, 0.25) is 0 Å². The van der Waals surface area contributed by atoms with Crippen LogP contribution in [0, 0.1) is 5.41 Å². The van der Waals surface area contributed by atoms with Crippen LogP contribution in [0.5, 0.6) is 5.75 Å². The summed E-state index contributed by atoms with van der Waals surface area (Å²) < 4.78 is 5.60. The Morgan fingerprint density at radius 1 is 1.24 bits per heavy atom. The van der Waals surface area contributed by atoms with Gasteiger partial charge in [0.25, 0.3) is 0 Å². The number of likely N-dealkylation sites (tertiary alicyclic amines) is 1. The maximum atomic E-state index is 6.11. The highest BCUT2D eigenvalue weighted by Crippen LogP contribution is 2.26. The van der Waals surface area contributed by atoms with E-state index in [1.54, 1.807) is 0 Å². The monoisotopic (exact) mass is 290 g/mol. The average molecular weight is 290 g/mol. The van der Waals surface area contributed by atoms with Gasteiger partial charge in [0.05, 0.1) is 6.61 Å². The van der Waals surface area contributed by atoms with Crippen LogP contribution in [0.4, 0.5) is 0 Å². The fraction of sp³-hybridized carbons (Fsp3) is 0.667. The predicted molar refractivity (Wildman–Crippen MR) is 88.8 cm³/mol. The van der Waals surface area contributed by atoms with Gasteiger partial charge in [-0.05, 0) is 68.9 Å². The maximum Gasteiger partial charge on any atom is 0.119 e. The Hall–Kier alpha value is -1.06. The zero-order valence-electron chi connectivity index (χ0n) is 13.6. The van der Waals surface area contributed by atoms with Crippen molar-refractivity contribution in [2.45, 2.75) is 39.5 Å². The molecule has 3 heteroatoms. The molecule has 1 aliphatic heterocycles. The third kappa shape index (κ3) is 5.01. The van der Waals surface area contributed by atoms with Crippen molar-refractivity contribution < 1.29 is 4.74 Å². The molecule has 118 valence electrons. The first-order chi connectivity index (χ1) is 10.1. The highest BCUT2D eigenvalue weighted by molar-refractivity contribution is 5.29. The van der Waals surface area contributed by atoms with E-state index in [0.29, 0.717) is 6.61 Å². The molecular weight excluding hydrogens is 260 g/mol. The summed E-state index contributed by atoms with van der Waals surface area (Å²) in [6, 6.07) is 8.45. The second-order valence-electron chi connectivity index (χ2n) is 6.61. The largest absolute Gasteiger partial charge is 0.494 e. The maximum absolute atomic E-state index is 6.11. The van der Waals surface area contributed by atoms with E-state index in [9.17, 15) is 0 Å². The van der Waals surface area contributed by atoms with Crippen LogP contribution >= 0.6 is 0 Å². The summed E-state index contributed by atoms with van der Waals surface area (Å²) >= 11 is 0. The van der Waals surface area contributed by atoms with E-state index in [-0.39, 0.29) is 5.41 Å². The molecule has 1 saturated heterocycles. The Kier molecular flexibility index (Phi) is 6.07. The summed E-state index contributed by atoms with van der Waals surface area (Å²) in [5.41, 5.74) is 7.58. The van der Waals surface area contributed by atoms with E-state index in [1.165, 1.54) is 37.9 Å². The van der Waals surface area contributed by atoms with Gasteiger partial charge in [-0.1, -0.05) is 25.5 Å². The minimum Gasteiger partial charge on any atom is -0.494 e. The Morgan fingerprint density at radius 3 is 2.67 bits per heavy atom. The normalized spacial score (nSPS) is 19.2. The van der Waals surface area contributed by atoms with Gasteiger partial charge in [0.1, 0.15) is 5.75 Å². The van der Waals surface area contributed by atoms with E-state index in [4.69, 9.17) is 10.5 Å². The SMILES string of the molecule is CCOc1cccc(CC(C)(CN)CN2CCCCC2)c1. The standard InChI is InChI=1S/C18H30N2O/c1-3-21-17-9-7-8-16(12-17)13-18(2,14-19)15-20-10-5-4-6-11-20/h7-9,12H,3-6,10-11,13-15,19H2,1-2H3. The molecule has 0 aliphatic carbocycles. The van der Waals surface area contributed by atoms with Crippen LogP contribution in [0.3, 0.4) is 0 Å². The first kappa shape index (κ1) is 16.3. The van der Waals surface area contributed by atoms with Crippen molar-refractivity contribution in [2.24, 2.45) is 11.1 Å². The van der Waals surface area contributed by atoms with E-state index < -0.39 is 0 Å². The molecule has 1 aromatic carbocycles. The third-order valence-electron chi connectivity index (χ3n) is 4.39. The van der Waals surface area contributed by atoms with Gasteiger partial charge in [-0.2, -0.15) is 0 Å². The van der Waals surface area contributed by atoms with Gasteiger partial charge < -0.3 is 15.4 Å². The Bertz CT molecular complexity index is 429. The number of benzene rings is 1. The number of ether oxygens (including phenoxy) is 1. The molecular formula is C18H30N2O. The summed E-state index contributed by atoms with van der Waals surface area (Å²) in [7, 11) is 0. The molecule has 1 fully saturated rings. The second kappa shape index (κ2) is 7.81. The fourth-order valence-corrected chi connectivity index (χ4v) is 3.25. The Balaban J connectivity index is 2.00. The minimum atomic E-state index is 0.141. The zero-order chi connectivity index (χ0) is 15.1. The van der Waals surface area contributed by atoms with Gasteiger partial charge >= 0.3 is 0 Å². The van der Waals surface area contributed by atoms with E-state index in [1.807, 2.05) is 13.0 Å². The number of rotatable bonds is 7. The van der Waals surface area contributed by atoms with E-state index >= 15 is 0 Å². The van der Waals surface area contributed by atoms with E-state index in [2.05, 4.69) is 30.0 Å². The summed E-state index contributed by atoms with van der Waals surface area (Å²) in [5.74, 6) is 0.965. The number of piperidine rings is 1. The molecule has 1 heterocycles. The predicted octanol–water partition coefficient (Wildman–Crippen LogP) is 3.08. The Labute approximate surface area is 129 Å². The third-order valence-corrected chi connectivity index (χ3v) is 4.39. The van der Waals surface area contributed by atoms with Crippen molar-refractivity contribution in [1.29, 1.82) is 0 Å². The van der Waals surface area contributed by atoms with Crippen molar-refractivity contribution in [3.8, 4) is 5.75 Å². The van der Waals surface area contributed by atoms with Crippen LogP contribution < -0.4 is 10.5 Å². The van der Waals surface area contributed by atoms with Crippen molar-refractivity contribution in [2.75, 3.05) is 32.8 Å². The molecule has 1 aromatic rings. The lowest BCUT2D eigenvalue weighted by molar-refractivity contribution is 0.145. The van der Waals surface area contributed by atoms with Gasteiger partial charge in [0.15, 0.2) is 0 Å². The molecule has 2 N–H and O–H groups in total. The average Bonchev–Trinajstić information content (AvgIpc) is 2.49. The van der Waals surface area contributed by atoms with E-state index in [0.717, 1.165) is 25.3 Å². The molecule has 0 saturated carbocycles. The van der Waals surface area contributed by atoms with Crippen molar-refractivity contribution in [1.82, 2.24) is 4.90 Å². The van der Waals surface area contributed by atoms with Crippen molar-refractivity contribution in [3.05, 3.63) is 29.8 Å². The highest BCUT2D eigenvalue weighted by atomic mass is 16.5. The van der Waals surface area contributed by atoms with Gasteiger partial charge in [-0.25, -0.2) is 0 Å². The first-order valence-electron chi connectivity index (χ1n) is 8.29. The molecule has 0 spiro atoms. The first-order valence-corrected chi connectivity index (χ1v) is 8.29. The summed E-state index contributed by atoms with van der Waals surface area (Å²) in [4.78, 5) is 2.59. The molecule has 0 aromatic heterocycles. The van der Waals surface area contributed by atoms with Gasteiger partial charge in [-0.3, -0.25) is 0 Å². The highest BCUT2D eigenvalue weighted by Gasteiger charge is 2.27. The smallest absolute Gasteiger partial charge is 0.119 e. The van der Waals surface area contributed by atoms with Gasteiger partial charge in [0, 0.05) is 6.54 Å². The number of nitrogens with two attached hydrogens (primary N) is 1. The second-order valence-corrected chi connectivity index (χ2v) is 6.61. The van der Waals surface area contributed by atoms with Gasteiger partial charge in [0.2, 0.25) is 0 Å². The molecule has 0 bridgehead atoms. The number of nitrogens with zero attached hydrogens (tertiary/aromatic N) is 1. The fourth-order valence-electron chi connectivity index (χ4n) is 3.25.